The van der Waals surface area contributed by atoms with Gasteiger partial charge in [0.1, 0.15) is 0 Å². The third-order valence-electron chi connectivity index (χ3n) is 5.00. The lowest BCUT2D eigenvalue weighted by Crippen LogP contribution is -2.47. The standard InChI is InChI=1S/C16H13N3O5/c20-14(10-2-1-3-11(7-10)19(23)24)17-18-15(21)12-8-4-5-9(6-8)13(12)16(18)22/h1-5,7-9,12-13H,6H2,(H,17,20)/t8-,9-,12+,13+/m0/s1. The Hall–Kier alpha value is -3.03. The van der Waals surface area contributed by atoms with E-state index in [1.165, 1.54) is 18.2 Å². The van der Waals surface area contributed by atoms with E-state index >= 15 is 0 Å². The number of hydrogen-bond donors (Lipinski definition) is 1. The zero-order valence-electron chi connectivity index (χ0n) is 12.4. The second-order valence-electron chi connectivity index (χ2n) is 6.26. The van der Waals surface area contributed by atoms with Gasteiger partial charge in [-0.15, -0.1) is 0 Å². The molecule has 24 heavy (non-hydrogen) atoms. The average Bonchev–Trinajstić information content (AvgIpc) is 3.24. The summed E-state index contributed by atoms with van der Waals surface area (Å²) in [4.78, 5) is 47.4. The molecule has 4 atom stereocenters. The summed E-state index contributed by atoms with van der Waals surface area (Å²) in [5.41, 5.74) is 2.08. The van der Waals surface area contributed by atoms with Crippen molar-refractivity contribution in [2.45, 2.75) is 6.42 Å². The summed E-state index contributed by atoms with van der Waals surface area (Å²) >= 11 is 0. The van der Waals surface area contributed by atoms with Crippen molar-refractivity contribution < 1.29 is 19.3 Å². The largest absolute Gasteiger partial charge is 0.272 e. The number of nitrogens with one attached hydrogen (secondary N) is 1. The molecule has 2 aliphatic carbocycles. The molecular weight excluding hydrogens is 314 g/mol. The number of rotatable bonds is 3. The first-order valence-corrected chi connectivity index (χ1v) is 7.59. The molecule has 1 saturated carbocycles. The van der Waals surface area contributed by atoms with E-state index in [1.807, 2.05) is 12.2 Å². The number of nitrogens with zero attached hydrogens (tertiary/aromatic N) is 2. The molecule has 1 N–H and O–H groups in total. The second kappa shape index (κ2) is 4.98. The predicted octanol–water partition coefficient (Wildman–Crippen LogP) is 1.05. The van der Waals surface area contributed by atoms with Gasteiger partial charge in [0.15, 0.2) is 0 Å². The van der Waals surface area contributed by atoms with Crippen LogP contribution in [-0.4, -0.2) is 27.7 Å². The minimum atomic E-state index is -0.722. The Morgan fingerprint density at radius 2 is 1.79 bits per heavy atom. The number of amides is 3. The molecule has 1 heterocycles. The molecular formula is C16H13N3O5. The number of carbonyl (C=O) groups is 3. The maximum absolute atomic E-state index is 12.5. The Morgan fingerprint density at radius 3 is 2.38 bits per heavy atom. The van der Waals surface area contributed by atoms with Crippen molar-refractivity contribution >= 4 is 23.4 Å². The van der Waals surface area contributed by atoms with Crippen LogP contribution in [0.25, 0.3) is 0 Å². The van der Waals surface area contributed by atoms with Crippen LogP contribution >= 0.6 is 0 Å². The first kappa shape index (κ1) is 14.6. The summed E-state index contributed by atoms with van der Waals surface area (Å²) in [5, 5.41) is 11.6. The first-order valence-electron chi connectivity index (χ1n) is 7.59. The third-order valence-corrected chi connectivity index (χ3v) is 5.00. The summed E-state index contributed by atoms with van der Waals surface area (Å²) in [6, 6.07) is 5.13. The highest BCUT2D eigenvalue weighted by Crippen LogP contribution is 2.52. The highest BCUT2D eigenvalue weighted by molar-refractivity contribution is 6.08. The van der Waals surface area contributed by atoms with Crippen LogP contribution in [0.1, 0.15) is 16.8 Å². The van der Waals surface area contributed by atoms with Gasteiger partial charge >= 0.3 is 0 Å². The summed E-state index contributed by atoms with van der Waals surface area (Å²) in [5.74, 6) is -2.23. The van der Waals surface area contributed by atoms with Gasteiger partial charge in [0, 0.05) is 17.7 Å². The van der Waals surface area contributed by atoms with Gasteiger partial charge in [-0.05, 0) is 24.3 Å². The number of carbonyl (C=O) groups excluding carboxylic acids is 3. The number of allylic oxidation sites excluding steroid dienone is 2. The van der Waals surface area contributed by atoms with Crippen LogP contribution in [0.5, 0.6) is 0 Å². The average molecular weight is 327 g/mol. The molecule has 1 saturated heterocycles. The lowest BCUT2D eigenvalue weighted by molar-refractivity contribution is -0.384. The smallest absolute Gasteiger partial charge is 0.270 e. The zero-order valence-corrected chi connectivity index (χ0v) is 12.4. The van der Waals surface area contributed by atoms with E-state index in [9.17, 15) is 24.5 Å². The maximum atomic E-state index is 12.5. The molecule has 0 unspecified atom stereocenters. The van der Waals surface area contributed by atoms with Crippen LogP contribution < -0.4 is 5.43 Å². The molecule has 3 amide bonds. The topological polar surface area (TPSA) is 110 Å². The quantitative estimate of drug-likeness (QED) is 0.386. The molecule has 1 aromatic rings. The van der Waals surface area contributed by atoms with E-state index in [0.717, 1.165) is 17.5 Å². The molecule has 8 heteroatoms. The molecule has 1 aliphatic heterocycles. The van der Waals surface area contributed by atoms with Crippen molar-refractivity contribution in [3.05, 3.63) is 52.1 Å². The monoisotopic (exact) mass is 327 g/mol. The van der Waals surface area contributed by atoms with E-state index < -0.39 is 34.5 Å². The summed E-state index contributed by atoms with van der Waals surface area (Å²) in [6.45, 7) is 0. The van der Waals surface area contributed by atoms with Crippen LogP contribution in [-0.2, 0) is 9.59 Å². The van der Waals surface area contributed by atoms with Gasteiger partial charge < -0.3 is 0 Å². The number of hydrogen-bond acceptors (Lipinski definition) is 5. The van der Waals surface area contributed by atoms with Gasteiger partial charge in [0.05, 0.1) is 16.8 Å². The van der Waals surface area contributed by atoms with Crippen molar-refractivity contribution in [3.63, 3.8) is 0 Å². The fraction of sp³-hybridized carbons (Fsp3) is 0.312. The second-order valence-corrected chi connectivity index (χ2v) is 6.26. The van der Waals surface area contributed by atoms with Gasteiger partial charge in [-0.25, -0.2) is 0 Å². The van der Waals surface area contributed by atoms with Gasteiger partial charge in [-0.2, -0.15) is 5.01 Å². The Labute approximate surface area is 136 Å². The first-order chi connectivity index (χ1) is 11.5. The maximum Gasteiger partial charge on any atom is 0.270 e. The van der Waals surface area contributed by atoms with Crippen LogP contribution in [0.4, 0.5) is 5.69 Å². The van der Waals surface area contributed by atoms with Crippen molar-refractivity contribution in [1.82, 2.24) is 10.4 Å². The molecule has 8 nitrogen and oxygen atoms in total. The minimum Gasteiger partial charge on any atom is -0.272 e. The number of imide groups is 1. The normalized spacial score (nSPS) is 29.9. The molecule has 4 rings (SSSR count). The van der Waals surface area contributed by atoms with E-state index in [0.29, 0.717) is 0 Å². The Kier molecular flexibility index (Phi) is 3.02. The summed E-state index contributed by atoms with van der Waals surface area (Å²) in [7, 11) is 0. The minimum absolute atomic E-state index is 0.0166. The molecule has 0 aromatic heterocycles. The molecule has 2 bridgehead atoms. The van der Waals surface area contributed by atoms with Crippen LogP contribution in [0.3, 0.4) is 0 Å². The lowest BCUT2D eigenvalue weighted by atomic mass is 9.85. The van der Waals surface area contributed by atoms with E-state index in [1.54, 1.807) is 0 Å². The predicted molar refractivity (Wildman–Crippen MR) is 80.1 cm³/mol. The number of benzene rings is 1. The van der Waals surface area contributed by atoms with Gasteiger partial charge in [-0.3, -0.25) is 29.9 Å². The van der Waals surface area contributed by atoms with Crippen LogP contribution in [0.15, 0.2) is 36.4 Å². The fourth-order valence-electron chi connectivity index (χ4n) is 3.94. The summed E-state index contributed by atoms with van der Waals surface area (Å²) < 4.78 is 0. The number of fused-ring (bicyclic) bond motifs is 5. The van der Waals surface area contributed by atoms with Crippen LogP contribution in [0.2, 0.25) is 0 Å². The Balaban J connectivity index is 1.55. The van der Waals surface area contributed by atoms with Crippen molar-refractivity contribution in [3.8, 4) is 0 Å². The van der Waals surface area contributed by atoms with E-state index in [4.69, 9.17) is 0 Å². The van der Waals surface area contributed by atoms with Crippen LogP contribution in [0, 0.1) is 33.8 Å². The highest BCUT2D eigenvalue weighted by atomic mass is 16.6. The highest BCUT2D eigenvalue weighted by Gasteiger charge is 2.59. The molecule has 3 aliphatic rings. The van der Waals surface area contributed by atoms with E-state index in [-0.39, 0.29) is 23.1 Å². The molecule has 0 spiro atoms. The van der Waals surface area contributed by atoms with Gasteiger partial charge in [0.2, 0.25) is 0 Å². The lowest BCUT2D eigenvalue weighted by Gasteiger charge is -2.17. The van der Waals surface area contributed by atoms with Gasteiger partial charge in [-0.1, -0.05) is 18.2 Å². The molecule has 0 radical (unpaired) electrons. The Bertz CT molecular complexity index is 788. The van der Waals surface area contributed by atoms with Crippen molar-refractivity contribution in [2.24, 2.45) is 23.7 Å². The molecule has 2 fully saturated rings. The molecule has 1 aromatic carbocycles. The van der Waals surface area contributed by atoms with Crippen molar-refractivity contribution in [2.75, 3.05) is 0 Å². The zero-order chi connectivity index (χ0) is 17.0. The number of hydrazine groups is 1. The summed E-state index contributed by atoms with van der Waals surface area (Å²) in [6.07, 6.45) is 4.73. The Morgan fingerprint density at radius 1 is 1.17 bits per heavy atom. The number of nitro benzene ring substituents is 1. The number of nitro groups is 1. The van der Waals surface area contributed by atoms with Crippen molar-refractivity contribution in [1.29, 1.82) is 0 Å². The third kappa shape index (κ3) is 1.96. The number of non-ortho nitro benzene ring substituents is 1. The fourth-order valence-corrected chi connectivity index (χ4v) is 3.94. The molecule has 122 valence electrons. The van der Waals surface area contributed by atoms with E-state index in [2.05, 4.69) is 5.43 Å². The SMILES string of the molecule is O=C(NN1C(=O)[C@H]2[C@H](C1=O)[C@H]1C=C[C@H]2C1)c1cccc([N+](=O)[O-])c1. The van der Waals surface area contributed by atoms with Gasteiger partial charge in [0.25, 0.3) is 23.4 Å².